The third-order valence-electron chi connectivity index (χ3n) is 4.38. The first-order chi connectivity index (χ1) is 14.3. The molecule has 0 aliphatic carbocycles. The number of anilines is 2. The van der Waals surface area contributed by atoms with E-state index in [-0.39, 0.29) is 10.6 Å². The summed E-state index contributed by atoms with van der Waals surface area (Å²) in [6.07, 6.45) is 0. The molecule has 0 bridgehead atoms. The molecule has 6 nitrogen and oxygen atoms in total. The summed E-state index contributed by atoms with van der Waals surface area (Å²) in [4.78, 5) is 12.7. The predicted octanol–water partition coefficient (Wildman–Crippen LogP) is 3.98. The van der Waals surface area contributed by atoms with Crippen LogP contribution in [0.4, 0.5) is 15.8 Å². The SMILES string of the molecule is COc1ccc(NC(=O)CN(c2ccc(F)cc2)S(=O)(=O)c2ccc(C)cc2)cc1. The van der Waals surface area contributed by atoms with Crippen LogP contribution in [0.5, 0.6) is 5.75 Å². The molecule has 0 saturated heterocycles. The molecule has 3 rings (SSSR count). The average Bonchev–Trinajstić information content (AvgIpc) is 2.73. The largest absolute Gasteiger partial charge is 0.497 e. The van der Waals surface area contributed by atoms with Gasteiger partial charge >= 0.3 is 0 Å². The molecule has 3 aromatic rings. The van der Waals surface area contributed by atoms with Crippen molar-refractivity contribution >= 4 is 27.3 Å². The maximum absolute atomic E-state index is 13.4. The standard InChI is InChI=1S/C22H21FN2O4S/c1-16-3-13-21(14-4-16)30(27,28)25(19-9-5-17(23)6-10-19)15-22(26)24-18-7-11-20(29-2)12-8-18/h3-14H,15H2,1-2H3,(H,24,26). The van der Waals surface area contributed by atoms with Crippen LogP contribution >= 0.6 is 0 Å². The minimum atomic E-state index is -4.05. The number of methoxy groups -OCH3 is 1. The number of rotatable bonds is 7. The van der Waals surface area contributed by atoms with Gasteiger partial charge in [0.2, 0.25) is 5.91 Å². The van der Waals surface area contributed by atoms with E-state index in [2.05, 4.69) is 5.32 Å². The molecular weight excluding hydrogens is 407 g/mol. The third kappa shape index (κ3) is 4.96. The number of sulfonamides is 1. The van der Waals surface area contributed by atoms with Crippen LogP contribution in [0, 0.1) is 12.7 Å². The van der Waals surface area contributed by atoms with E-state index in [1.807, 2.05) is 6.92 Å². The normalized spacial score (nSPS) is 11.0. The number of halogens is 1. The van der Waals surface area contributed by atoms with Gasteiger partial charge in [-0.05, 0) is 67.6 Å². The topological polar surface area (TPSA) is 75.7 Å². The van der Waals surface area contributed by atoms with Crippen LogP contribution in [0.15, 0.2) is 77.7 Å². The molecule has 0 unspecified atom stereocenters. The molecule has 0 fully saturated rings. The Bertz CT molecular complexity index is 1110. The van der Waals surface area contributed by atoms with E-state index in [4.69, 9.17) is 4.74 Å². The van der Waals surface area contributed by atoms with Gasteiger partial charge in [0.15, 0.2) is 0 Å². The van der Waals surface area contributed by atoms with Gasteiger partial charge in [-0.15, -0.1) is 0 Å². The summed E-state index contributed by atoms with van der Waals surface area (Å²) >= 11 is 0. The highest BCUT2D eigenvalue weighted by Crippen LogP contribution is 2.24. The number of carbonyl (C=O) groups is 1. The molecule has 0 aromatic heterocycles. The number of benzene rings is 3. The third-order valence-corrected chi connectivity index (χ3v) is 6.17. The van der Waals surface area contributed by atoms with E-state index in [1.165, 1.54) is 31.4 Å². The van der Waals surface area contributed by atoms with Gasteiger partial charge in [0.25, 0.3) is 10.0 Å². The number of ether oxygens (including phenoxy) is 1. The predicted molar refractivity (Wildman–Crippen MR) is 114 cm³/mol. The molecule has 0 heterocycles. The Hall–Kier alpha value is -3.39. The number of aryl methyl sites for hydroxylation is 1. The summed E-state index contributed by atoms with van der Waals surface area (Å²) in [6, 6.07) is 17.9. The van der Waals surface area contributed by atoms with Crippen LogP contribution in [0.2, 0.25) is 0 Å². The van der Waals surface area contributed by atoms with Crippen LogP contribution in [-0.2, 0) is 14.8 Å². The quantitative estimate of drug-likeness (QED) is 0.618. The van der Waals surface area contributed by atoms with Gasteiger partial charge in [0.1, 0.15) is 18.1 Å². The van der Waals surface area contributed by atoms with E-state index in [0.717, 1.165) is 22.0 Å². The van der Waals surface area contributed by atoms with E-state index in [1.54, 1.807) is 36.4 Å². The summed E-state index contributed by atoms with van der Waals surface area (Å²) in [5.74, 6) is -0.419. The first-order valence-electron chi connectivity index (χ1n) is 9.08. The van der Waals surface area contributed by atoms with Gasteiger partial charge < -0.3 is 10.1 Å². The highest BCUT2D eigenvalue weighted by Gasteiger charge is 2.27. The van der Waals surface area contributed by atoms with Crippen molar-refractivity contribution in [3.8, 4) is 5.75 Å². The number of carbonyl (C=O) groups excluding carboxylic acids is 1. The van der Waals surface area contributed by atoms with Crippen LogP contribution in [0.25, 0.3) is 0 Å². The Kier molecular flexibility index (Phi) is 6.37. The molecule has 0 aliphatic heterocycles. The summed E-state index contributed by atoms with van der Waals surface area (Å²) in [6.45, 7) is 1.37. The Morgan fingerprint density at radius 3 is 2.13 bits per heavy atom. The average molecular weight is 428 g/mol. The van der Waals surface area contributed by atoms with Crippen LogP contribution in [-0.4, -0.2) is 28.0 Å². The molecule has 0 spiro atoms. The Morgan fingerprint density at radius 2 is 1.57 bits per heavy atom. The smallest absolute Gasteiger partial charge is 0.264 e. The fraction of sp³-hybridized carbons (Fsp3) is 0.136. The summed E-state index contributed by atoms with van der Waals surface area (Å²) in [5.41, 5.74) is 1.58. The first-order valence-corrected chi connectivity index (χ1v) is 10.5. The van der Waals surface area contributed by atoms with Gasteiger partial charge in [0.05, 0.1) is 17.7 Å². The van der Waals surface area contributed by atoms with Gasteiger partial charge in [-0.25, -0.2) is 12.8 Å². The summed E-state index contributed by atoms with van der Waals surface area (Å²) in [5, 5.41) is 2.66. The van der Waals surface area contributed by atoms with Crippen molar-refractivity contribution in [2.45, 2.75) is 11.8 Å². The van der Waals surface area contributed by atoms with Crippen molar-refractivity contribution in [3.63, 3.8) is 0 Å². The minimum absolute atomic E-state index is 0.0367. The second kappa shape index (κ2) is 8.96. The van der Waals surface area contributed by atoms with E-state index in [0.29, 0.717) is 11.4 Å². The zero-order valence-corrected chi connectivity index (χ0v) is 17.3. The number of nitrogens with one attached hydrogen (secondary N) is 1. The van der Waals surface area contributed by atoms with Crippen molar-refractivity contribution in [1.29, 1.82) is 0 Å². The molecule has 8 heteroatoms. The summed E-state index contributed by atoms with van der Waals surface area (Å²) < 4.78 is 45.9. The number of hydrogen-bond acceptors (Lipinski definition) is 4. The number of amides is 1. The van der Waals surface area contributed by atoms with Crippen LogP contribution < -0.4 is 14.4 Å². The lowest BCUT2D eigenvalue weighted by Gasteiger charge is -2.24. The molecular formula is C22H21FN2O4S. The van der Waals surface area contributed by atoms with Gasteiger partial charge in [-0.2, -0.15) is 0 Å². The van der Waals surface area contributed by atoms with Gasteiger partial charge in [0, 0.05) is 5.69 Å². The Labute approximate surface area is 175 Å². The maximum atomic E-state index is 13.4. The highest BCUT2D eigenvalue weighted by molar-refractivity contribution is 7.92. The van der Waals surface area contributed by atoms with Gasteiger partial charge in [-0.1, -0.05) is 17.7 Å². The van der Waals surface area contributed by atoms with Crippen LogP contribution in [0.3, 0.4) is 0 Å². The van der Waals surface area contributed by atoms with Crippen molar-refractivity contribution in [3.05, 3.63) is 84.2 Å². The fourth-order valence-corrected chi connectivity index (χ4v) is 4.19. The van der Waals surface area contributed by atoms with Crippen molar-refractivity contribution in [1.82, 2.24) is 0 Å². The van der Waals surface area contributed by atoms with Gasteiger partial charge in [-0.3, -0.25) is 9.10 Å². The summed E-state index contributed by atoms with van der Waals surface area (Å²) in [7, 11) is -2.52. The molecule has 1 N–H and O–H groups in total. The molecule has 1 amide bonds. The van der Waals surface area contributed by atoms with E-state index < -0.39 is 28.3 Å². The molecule has 30 heavy (non-hydrogen) atoms. The molecule has 3 aromatic carbocycles. The van der Waals surface area contributed by atoms with Crippen molar-refractivity contribution < 1.29 is 22.3 Å². The lowest BCUT2D eigenvalue weighted by molar-refractivity contribution is -0.114. The second-order valence-electron chi connectivity index (χ2n) is 6.58. The van der Waals surface area contributed by atoms with E-state index >= 15 is 0 Å². The first kappa shape index (κ1) is 21.3. The zero-order valence-electron chi connectivity index (χ0n) is 16.5. The van der Waals surface area contributed by atoms with E-state index in [9.17, 15) is 17.6 Å². The molecule has 156 valence electrons. The Morgan fingerprint density at radius 1 is 0.967 bits per heavy atom. The van der Waals surface area contributed by atoms with Crippen molar-refractivity contribution in [2.75, 3.05) is 23.3 Å². The molecule has 0 aliphatic rings. The molecule has 0 atom stereocenters. The monoisotopic (exact) mass is 428 g/mol. The van der Waals surface area contributed by atoms with Crippen molar-refractivity contribution in [2.24, 2.45) is 0 Å². The fourth-order valence-electron chi connectivity index (χ4n) is 2.77. The minimum Gasteiger partial charge on any atom is -0.497 e. The lowest BCUT2D eigenvalue weighted by atomic mass is 10.2. The lowest BCUT2D eigenvalue weighted by Crippen LogP contribution is -2.38. The number of nitrogens with zero attached hydrogens (tertiary/aromatic N) is 1. The maximum Gasteiger partial charge on any atom is 0.264 e. The second-order valence-corrected chi connectivity index (χ2v) is 8.44. The highest BCUT2D eigenvalue weighted by atomic mass is 32.2. The van der Waals surface area contributed by atoms with Crippen LogP contribution in [0.1, 0.15) is 5.56 Å². The molecule has 0 saturated carbocycles. The zero-order chi connectivity index (χ0) is 21.7. The molecule has 0 radical (unpaired) electrons. The Balaban J connectivity index is 1.90. The number of hydrogen-bond donors (Lipinski definition) is 1.